The van der Waals surface area contributed by atoms with Gasteiger partial charge in [0.05, 0.1) is 22.7 Å². The van der Waals surface area contributed by atoms with E-state index in [1.807, 2.05) is 6.92 Å². The normalized spacial score (nSPS) is 23.2. The summed E-state index contributed by atoms with van der Waals surface area (Å²) in [4.78, 5) is 33.0. The molecule has 168 valence electrons. The van der Waals surface area contributed by atoms with Crippen LogP contribution in [0.25, 0.3) is 10.6 Å². The van der Waals surface area contributed by atoms with Crippen molar-refractivity contribution >= 4 is 28.8 Å². The minimum absolute atomic E-state index is 0.0457. The number of thiazole rings is 1. The molecule has 0 aromatic carbocycles. The standard InChI is InChI=1S/C23H23ClFN3O3S/c1-12-17-7-2-3-8-27(17)23(31)19-21(30)20(29)15(11-28(12)19)22-26-10-14(32-22)9-13-5-4-6-16(24)18(13)25/h6,10-12,17,30H,2-5,7-9H2,1H3. The van der Waals surface area contributed by atoms with Crippen LogP contribution in [0.2, 0.25) is 0 Å². The Balaban J connectivity index is 1.53. The molecule has 1 saturated heterocycles. The number of carbonyl (C=O) groups excluding carboxylic acids is 1. The van der Waals surface area contributed by atoms with Gasteiger partial charge in [0.2, 0.25) is 5.43 Å². The molecule has 2 unspecified atom stereocenters. The van der Waals surface area contributed by atoms with E-state index in [1.54, 1.807) is 27.9 Å². The predicted octanol–water partition coefficient (Wildman–Crippen LogP) is 4.93. The first-order chi connectivity index (χ1) is 15.4. The first-order valence-corrected chi connectivity index (χ1v) is 12.0. The van der Waals surface area contributed by atoms with Crippen LogP contribution < -0.4 is 5.43 Å². The van der Waals surface area contributed by atoms with Gasteiger partial charge in [0.15, 0.2) is 11.4 Å². The number of halogens is 2. The number of allylic oxidation sites excluding steroid dienone is 4. The van der Waals surface area contributed by atoms with Gasteiger partial charge in [-0.15, -0.1) is 11.3 Å². The minimum atomic E-state index is -0.609. The lowest BCUT2D eigenvalue weighted by atomic mass is 9.92. The van der Waals surface area contributed by atoms with Crippen molar-refractivity contribution in [3.05, 3.63) is 55.7 Å². The Morgan fingerprint density at radius 3 is 2.97 bits per heavy atom. The average molecular weight is 476 g/mol. The van der Waals surface area contributed by atoms with Crippen molar-refractivity contribution < 1.29 is 14.3 Å². The first-order valence-electron chi connectivity index (χ1n) is 10.8. The molecule has 1 fully saturated rings. The summed E-state index contributed by atoms with van der Waals surface area (Å²) in [7, 11) is 0. The van der Waals surface area contributed by atoms with Gasteiger partial charge < -0.3 is 14.6 Å². The lowest BCUT2D eigenvalue weighted by Crippen LogP contribution is -2.52. The molecule has 2 aliphatic heterocycles. The molecule has 2 atom stereocenters. The van der Waals surface area contributed by atoms with E-state index in [9.17, 15) is 19.1 Å². The van der Waals surface area contributed by atoms with E-state index in [2.05, 4.69) is 4.98 Å². The third-order valence-corrected chi connectivity index (χ3v) is 8.03. The zero-order valence-electron chi connectivity index (χ0n) is 17.6. The van der Waals surface area contributed by atoms with E-state index in [1.165, 1.54) is 11.3 Å². The molecule has 0 saturated carbocycles. The lowest BCUT2D eigenvalue weighted by molar-refractivity contribution is 0.0431. The Kier molecular flexibility index (Phi) is 5.45. The molecule has 1 N–H and O–H groups in total. The zero-order chi connectivity index (χ0) is 22.6. The minimum Gasteiger partial charge on any atom is -0.503 e. The van der Waals surface area contributed by atoms with Crippen molar-refractivity contribution in [3.8, 4) is 16.3 Å². The quantitative estimate of drug-likeness (QED) is 0.683. The second kappa shape index (κ2) is 8.15. The molecule has 9 heteroatoms. The van der Waals surface area contributed by atoms with E-state index >= 15 is 0 Å². The highest BCUT2D eigenvalue weighted by Crippen LogP contribution is 2.38. The highest BCUT2D eigenvalue weighted by Gasteiger charge is 2.41. The van der Waals surface area contributed by atoms with Gasteiger partial charge in [0.25, 0.3) is 5.91 Å². The number of hydrogen-bond donors (Lipinski definition) is 1. The van der Waals surface area contributed by atoms with Crippen molar-refractivity contribution in [1.82, 2.24) is 14.5 Å². The van der Waals surface area contributed by atoms with Gasteiger partial charge in [-0.05, 0) is 44.6 Å². The number of aromatic nitrogens is 2. The molecule has 3 aliphatic rings. The van der Waals surface area contributed by atoms with Gasteiger partial charge in [-0.1, -0.05) is 17.7 Å². The number of amides is 1. The topological polar surface area (TPSA) is 75.4 Å². The van der Waals surface area contributed by atoms with E-state index in [-0.39, 0.29) is 40.1 Å². The summed E-state index contributed by atoms with van der Waals surface area (Å²) in [6, 6.07) is -0.0209. The van der Waals surface area contributed by atoms with Gasteiger partial charge in [0, 0.05) is 30.2 Å². The van der Waals surface area contributed by atoms with Crippen molar-refractivity contribution in [3.63, 3.8) is 0 Å². The predicted molar refractivity (Wildman–Crippen MR) is 122 cm³/mol. The molecule has 0 spiro atoms. The molecule has 1 amide bonds. The molecule has 4 heterocycles. The van der Waals surface area contributed by atoms with Crippen LogP contribution in [0.5, 0.6) is 5.75 Å². The van der Waals surface area contributed by atoms with Gasteiger partial charge in [0.1, 0.15) is 10.8 Å². The summed E-state index contributed by atoms with van der Waals surface area (Å²) in [6.07, 6.45) is 9.48. The smallest absolute Gasteiger partial charge is 0.274 e. The van der Waals surface area contributed by atoms with Gasteiger partial charge >= 0.3 is 0 Å². The highest BCUT2D eigenvalue weighted by molar-refractivity contribution is 7.15. The molecular weight excluding hydrogens is 453 g/mol. The van der Waals surface area contributed by atoms with Gasteiger partial charge in [-0.2, -0.15) is 0 Å². The SMILES string of the molecule is CC1C2CCCCN2C(=O)c2c(O)c(=O)c(-c3ncc(CC4=C(F)C(Cl)=CCC4)s3)cn21. The molecule has 6 nitrogen and oxygen atoms in total. The maximum absolute atomic E-state index is 14.3. The number of hydrogen-bond acceptors (Lipinski definition) is 5. The molecular formula is C23H23ClFN3O3S. The summed E-state index contributed by atoms with van der Waals surface area (Å²) in [6.45, 7) is 2.65. The average Bonchev–Trinajstić information content (AvgIpc) is 3.25. The Morgan fingerprint density at radius 1 is 1.34 bits per heavy atom. The maximum Gasteiger partial charge on any atom is 0.274 e. The summed E-state index contributed by atoms with van der Waals surface area (Å²) in [5.41, 5.74) is 0.316. The summed E-state index contributed by atoms with van der Waals surface area (Å²) >= 11 is 7.21. The second-order valence-electron chi connectivity index (χ2n) is 8.60. The maximum atomic E-state index is 14.3. The molecule has 2 aromatic rings. The van der Waals surface area contributed by atoms with Crippen LogP contribution in [0, 0.1) is 0 Å². The van der Waals surface area contributed by atoms with Crippen LogP contribution in [0.1, 0.15) is 60.4 Å². The Morgan fingerprint density at radius 2 is 2.16 bits per heavy atom. The third kappa shape index (κ3) is 3.40. The molecule has 1 aliphatic carbocycles. The van der Waals surface area contributed by atoms with Crippen LogP contribution in [-0.2, 0) is 6.42 Å². The number of piperidine rings is 1. The van der Waals surface area contributed by atoms with Crippen LogP contribution in [0.15, 0.2) is 39.7 Å². The van der Waals surface area contributed by atoms with Crippen molar-refractivity contribution in [2.75, 3.05) is 6.54 Å². The Bertz CT molecular complexity index is 1230. The Hall–Kier alpha value is -2.45. The van der Waals surface area contributed by atoms with E-state index in [0.717, 1.165) is 24.1 Å². The molecule has 5 rings (SSSR count). The molecule has 0 radical (unpaired) electrons. The fourth-order valence-electron chi connectivity index (χ4n) is 4.97. The van der Waals surface area contributed by atoms with Gasteiger partial charge in [-0.3, -0.25) is 9.59 Å². The second-order valence-corrected chi connectivity index (χ2v) is 10.1. The fraction of sp³-hybridized carbons (Fsp3) is 0.435. The highest BCUT2D eigenvalue weighted by atomic mass is 35.5. The molecule has 2 aromatic heterocycles. The Labute approximate surface area is 193 Å². The fourth-order valence-corrected chi connectivity index (χ4v) is 6.17. The van der Waals surface area contributed by atoms with Crippen molar-refractivity contribution in [1.29, 1.82) is 0 Å². The van der Waals surface area contributed by atoms with Crippen LogP contribution in [-0.4, -0.2) is 38.1 Å². The zero-order valence-corrected chi connectivity index (χ0v) is 19.2. The third-order valence-electron chi connectivity index (χ3n) is 6.68. The number of carbonyl (C=O) groups is 1. The van der Waals surface area contributed by atoms with E-state index < -0.39 is 11.2 Å². The van der Waals surface area contributed by atoms with Gasteiger partial charge in [-0.25, -0.2) is 9.37 Å². The first kappa shape index (κ1) is 21.4. The monoisotopic (exact) mass is 475 g/mol. The number of aromatic hydroxyl groups is 1. The lowest BCUT2D eigenvalue weighted by Gasteiger charge is -2.44. The number of rotatable bonds is 3. The van der Waals surface area contributed by atoms with Crippen LogP contribution >= 0.6 is 22.9 Å². The van der Waals surface area contributed by atoms with Crippen molar-refractivity contribution in [2.24, 2.45) is 0 Å². The van der Waals surface area contributed by atoms with Crippen LogP contribution in [0.4, 0.5) is 4.39 Å². The van der Waals surface area contributed by atoms with E-state index in [4.69, 9.17) is 11.6 Å². The van der Waals surface area contributed by atoms with E-state index in [0.29, 0.717) is 36.4 Å². The van der Waals surface area contributed by atoms with Crippen molar-refractivity contribution in [2.45, 2.75) is 57.5 Å². The summed E-state index contributed by atoms with van der Waals surface area (Å²) in [5.74, 6) is -1.21. The largest absolute Gasteiger partial charge is 0.503 e. The summed E-state index contributed by atoms with van der Waals surface area (Å²) < 4.78 is 16.1. The summed E-state index contributed by atoms with van der Waals surface area (Å²) in [5, 5.41) is 11.3. The number of nitrogens with zero attached hydrogens (tertiary/aromatic N) is 3. The molecule has 0 bridgehead atoms. The number of fused-ring (bicyclic) bond motifs is 2. The van der Waals surface area contributed by atoms with Crippen LogP contribution in [0.3, 0.4) is 0 Å². The number of pyridine rings is 1. The molecule has 32 heavy (non-hydrogen) atoms.